The van der Waals surface area contributed by atoms with Gasteiger partial charge in [0.05, 0.1) is 0 Å². The van der Waals surface area contributed by atoms with Crippen LogP contribution in [-0.2, 0) is 0 Å². The van der Waals surface area contributed by atoms with Crippen molar-refractivity contribution in [2.75, 3.05) is 25.1 Å². The van der Waals surface area contributed by atoms with Gasteiger partial charge < -0.3 is 5.32 Å². The van der Waals surface area contributed by atoms with Gasteiger partial charge in [-0.25, -0.2) is 0 Å². The quantitative estimate of drug-likeness (QED) is 0.606. The van der Waals surface area contributed by atoms with Crippen LogP contribution in [0.1, 0.15) is 38.5 Å². The minimum absolute atomic E-state index is 1.02. The van der Waals surface area contributed by atoms with Crippen LogP contribution in [0.4, 0.5) is 0 Å². The Morgan fingerprint density at radius 3 is 2.69 bits per heavy atom. The van der Waals surface area contributed by atoms with E-state index in [9.17, 15) is 0 Å². The number of rotatable bonds is 8. The Bertz CT molecular complexity index is 113. The molecule has 1 aliphatic rings. The molecule has 0 amide bonds. The van der Waals surface area contributed by atoms with E-state index in [2.05, 4.69) is 11.6 Å². The number of unbranched alkanes of at least 4 members (excludes halogenated alkanes) is 2. The first-order chi connectivity index (χ1) is 6.43. The lowest BCUT2D eigenvalue weighted by atomic mass is 9.85. The number of hydrogen-bond donors (Lipinski definition) is 1. The maximum absolute atomic E-state index is 3.56. The summed E-state index contributed by atoms with van der Waals surface area (Å²) in [5.74, 6) is 2.36. The predicted octanol–water partition coefficient (Wildman–Crippen LogP) is 2.91. The largest absolute Gasteiger partial charge is 0.316 e. The molecule has 13 heavy (non-hydrogen) atoms. The molecule has 1 fully saturated rings. The predicted molar refractivity (Wildman–Crippen MR) is 62.4 cm³/mol. The number of thioether (sulfide) groups is 1. The van der Waals surface area contributed by atoms with E-state index in [4.69, 9.17) is 0 Å². The Kier molecular flexibility index (Phi) is 6.73. The molecule has 0 saturated heterocycles. The summed E-state index contributed by atoms with van der Waals surface area (Å²) in [6.07, 6.45) is 10.8. The molecule has 1 aliphatic carbocycles. The first kappa shape index (κ1) is 11.4. The third-order valence-corrected chi connectivity index (χ3v) is 3.56. The van der Waals surface area contributed by atoms with Crippen molar-refractivity contribution in [2.45, 2.75) is 38.5 Å². The van der Waals surface area contributed by atoms with Gasteiger partial charge in [-0.1, -0.05) is 12.8 Å². The van der Waals surface area contributed by atoms with E-state index in [-0.39, 0.29) is 0 Å². The summed E-state index contributed by atoms with van der Waals surface area (Å²) >= 11 is 1.96. The number of hydrogen-bond acceptors (Lipinski definition) is 2. The third kappa shape index (κ3) is 5.58. The van der Waals surface area contributed by atoms with Crippen LogP contribution in [0.5, 0.6) is 0 Å². The molecule has 1 rings (SSSR count). The SMILES string of the molecule is CSCCCCCNCC1CCC1. The molecule has 0 aromatic carbocycles. The van der Waals surface area contributed by atoms with Gasteiger partial charge in [0.25, 0.3) is 0 Å². The lowest BCUT2D eigenvalue weighted by Gasteiger charge is -2.25. The molecule has 1 N–H and O–H groups in total. The smallest absolute Gasteiger partial charge is 0.00205 e. The van der Waals surface area contributed by atoms with Crippen molar-refractivity contribution in [3.63, 3.8) is 0 Å². The van der Waals surface area contributed by atoms with E-state index in [0.717, 1.165) is 5.92 Å². The van der Waals surface area contributed by atoms with Crippen LogP contribution >= 0.6 is 11.8 Å². The molecular weight excluding hydrogens is 178 g/mol. The normalized spacial score (nSPS) is 17.3. The molecule has 0 unspecified atom stereocenters. The standard InChI is InChI=1S/C11H23NS/c1-13-9-4-2-3-8-12-10-11-6-5-7-11/h11-12H,2-10H2,1H3. The Balaban J connectivity index is 1.68. The maximum Gasteiger partial charge on any atom is -0.00205 e. The summed E-state index contributed by atoms with van der Waals surface area (Å²) in [5.41, 5.74) is 0. The van der Waals surface area contributed by atoms with Crippen LogP contribution in [0.3, 0.4) is 0 Å². The van der Waals surface area contributed by atoms with Crippen LogP contribution in [0.2, 0.25) is 0 Å². The van der Waals surface area contributed by atoms with Crippen LogP contribution in [-0.4, -0.2) is 25.1 Å². The first-order valence-corrected chi connectivity index (χ1v) is 7.02. The summed E-state index contributed by atoms with van der Waals surface area (Å²) in [5, 5.41) is 3.56. The lowest BCUT2D eigenvalue weighted by Crippen LogP contribution is -2.27. The van der Waals surface area contributed by atoms with Gasteiger partial charge in [-0.2, -0.15) is 11.8 Å². The molecule has 0 aromatic heterocycles. The lowest BCUT2D eigenvalue weighted by molar-refractivity contribution is 0.301. The van der Waals surface area contributed by atoms with Gasteiger partial charge in [0, 0.05) is 0 Å². The van der Waals surface area contributed by atoms with E-state index in [0.29, 0.717) is 0 Å². The summed E-state index contributed by atoms with van der Waals surface area (Å²) < 4.78 is 0. The fourth-order valence-corrected chi connectivity index (χ4v) is 2.17. The van der Waals surface area contributed by atoms with Gasteiger partial charge in [-0.3, -0.25) is 0 Å². The summed E-state index contributed by atoms with van der Waals surface area (Å²) in [6, 6.07) is 0. The van der Waals surface area contributed by atoms with Gasteiger partial charge in [-0.05, 0) is 56.7 Å². The van der Waals surface area contributed by atoms with Crippen LogP contribution < -0.4 is 5.32 Å². The topological polar surface area (TPSA) is 12.0 Å². The van der Waals surface area contributed by atoms with Crippen molar-refractivity contribution in [3.8, 4) is 0 Å². The second kappa shape index (κ2) is 7.69. The first-order valence-electron chi connectivity index (χ1n) is 5.63. The van der Waals surface area contributed by atoms with Crippen molar-refractivity contribution in [1.29, 1.82) is 0 Å². The fraction of sp³-hybridized carbons (Fsp3) is 1.00. The van der Waals surface area contributed by atoms with Crippen molar-refractivity contribution < 1.29 is 0 Å². The molecule has 0 bridgehead atoms. The Labute approximate surface area is 87.1 Å². The summed E-state index contributed by atoms with van der Waals surface area (Å²) in [4.78, 5) is 0. The molecular formula is C11H23NS. The Morgan fingerprint density at radius 1 is 1.23 bits per heavy atom. The highest BCUT2D eigenvalue weighted by molar-refractivity contribution is 7.98. The van der Waals surface area contributed by atoms with Gasteiger partial charge in [-0.15, -0.1) is 0 Å². The molecule has 0 heterocycles. The monoisotopic (exact) mass is 201 g/mol. The Hall–Kier alpha value is 0.310. The zero-order valence-corrected chi connectivity index (χ0v) is 9.67. The number of nitrogens with one attached hydrogen (secondary N) is 1. The fourth-order valence-electron chi connectivity index (χ4n) is 1.68. The van der Waals surface area contributed by atoms with E-state index in [1.807, 2.05) is 11.8 Å². The van der Waals surface area contributed by atoms with Crippen LogP contribution in [0.15, 0.2) is 0 Å². The van der Waals surface area contributed by atoms with E-state index in [1.54, 1.807) is 0 Å². The van der Waals surface area contributed by atoms with E-state index < -0.39 is 0 Å². The van der Waals surface area contributed by atoms with Gasteiger partial charge in [0.15, 0.2) is 0 Å². The highest BCUT2D eigenvalue weighted by Crippen LogP contribution is 2.24. The summed E-state index contributed by atoms with van der Waals surface area (Å²) in [7, 11) is 0. The minimum atomic E-state index is 1.02. The zero-order chi connectivity index (χ0) is 9.36. The average molecular weight is 201 g/mol. The average Bonchev–Trinajstić information content (AvgIpc) is 2.07. The van der Waals surface area contributed by atoms with Crippen molar-refractivity contribution in [3.05, 3.63) is 0 Å². The molecule has 0 spiro atoms. The van der Waals surface area contributed by atoms with Crippen molar-refractivity contribution in [1.82, 2.24) is 5.32 Å². The third-order valence-electron chi connectivity index (χ3n) is 2.86. The van der Waals surface area contributed by atoms with Crippen LogP contribution in [0, 0.1) is 5.92 Å². The van der Waals surface area contributed by atoms with Crippen molar-refractivity contribution >= 4 is 11.8 Å². The van der Waals surface area contributed by atoms with E-state index >= 15 is 0 Å². The maximum atomic E-state index is 3.56. The van der Waals surface area contributed by atoms with E-state index in [1.165, 1.54) is 57.4 Å². The molecule has 2 heteroatoms. The Morgan fingerprint density at radius 2 is 2.08 bits per heavy atom. The van der Waals surface area contributed by atoms with Crippen molar-refractivity contribution in [2.24, 2.45) is 5.92 Å². The van der Waals surface area contributed by atoms with Gasteiger partial charge in [0.2, 0.25) is 0 Å². The van der Waals surface area contributed by atoms with Crippen LogP contribution in [0.25, 0.3) is 0 Å². The highest BCUT2D eigenvalue weighted by Gasteiger charge is 2.15. The molecule has 0 radical (unpaired) electrons. The molecule has 0 aliphatic heterocycles. The van der Waals surface area contributed by atoms with Gasteiger partial charge >= 0.3 is 0 Å². The minimum Gasteiger partial charge on any atom is -0.316 e. The zero-order valence-electron chi connectivity index (χ0n) is 8.85. The molecule has 78 valence electrons. The molecule has 1 saturated carbocycles. The molecule has 1 nitrogen and oxygen atoms in total. The molecule has 0 aromatic rings. The highest BCUT2D eigenvalue weighted by atomic mass is 32.2. The summed E-state index contributed by atoms with van der Waals surface area (Å²) in [6.45, 7) is 2.52. The second-order valence-corrected chi connectivity index (χ2v) is 5.04. The van der Waals surface area contributed by atoms with Gasteiger partial charge in [0.1, 0.15) is 0 Å². The second-order valence-electron chi connectivity index (χ2n) is 4.05. The molecule has 0 atom stereocenters.